The minimum Gasteiger partial charge on any atom is -0.454 e. The van der Waals surface area contributed by atoms with Crippen molar-refractivity contribution in [2.45, 2.75) is 26.8 Å². The number of hydrogen-bond acceptors (Lipinski definition) is 9. The first-order chi connectivity index (χ1) is 16.0. The van der Waals surface area contributed by atoms with Crippen molar-refractivity contribution in [1.29, 1.82) is 0 Å². The van der Waals surface area contributed by atoms with E-state index in [4.69, 9.17) is 19.7 Å². The van der Waals surface area contributed by atoms with E-state index in [1.807, 2.05) is 16.7 Å². The van der Waals surface area contributed by atoms with Gasteiger partial charge in [0.1, 0.15) is 12.1 Å². The van der Waals surface area contributed by atoms with E-state index >= 15 is 0 Å². The molecular formula is C22H24FN7O3. The van der Waals surface area contributed by atoms with Crippen LogP contribution in [0.5, 0.6) is 11.5 Å². The number of nitrogens with zero attached hydrogens (tertiary/aromatic N) is 5. The Morgan fingerprint density at radius 3 is 2.76 bits per heavy atom. The molecule has 33 heavy (non-hydrogen) atoms. The maximum absolute atomic E-state index is 14.0. The first-order valence-electron chi connectivity index (χ1n) is 10.7. The van der Waals surface area contributed by atoms with E-state index in [-0.39, 0.29) is 12.6 Å². The van der Waals surface area contributed by atoms with Crippen molar-refractivity contribution in [1.82, 2.24) is 30.0 Å². The normalized spacial score (nSPS) is 12.8. The molecule has 0 aliphatic carbocycles. The molecule has 0 unspecified atom stereocenters. The van der Waals surface area contributed by atoms with Gasteiger partial charge in [0.05, 0.1) is 6.20 Å². The second kappa shape index (κ2) is 8.66. The highest BCUT2D eigenvalue weighted by Gasteiger charge is 2.22. The Hall–Kier alpha value is -3.73. The molecule has 3 N–H and O–H groups in total. The van der Waals surface area contributed by atoms with Crippen LogP contribution >= 0.6 is 0 Å². The number of nitrogen functional groups attached to an aromatic ring is 1. The predicted octanol–water partition coefficient (Wildman–Crippen LogP) is 2.77. The molecule has 1 aliphatic rings. The van der Waals surface area contributed by atoms with E-state index in [1.165, 1.54) is 0 Å². The molecule has 0 fully saturated rings. The first-order valence-corrected chi connectivity index (χ1v) is 10.7. The molecule has 0 bridgehead atoms. The molecule has 4 heterocycles. The van der Waals surface area contributed by atoms with Crippen molar-refractivity contribution in [2.75, 3.05) is 25.6 Å². The summed E-state index contributed by atoms with van der Waals surface area (Å²) in [5.41, 5.74) is 9.31. The minimum atomic E-state index is -0.879. The van der Waals surface area contributed by atoms with Gasteiger partial charge in [0.25, 0.3) is 0 Å². The van der Waals surface area contributed by atoms with Crippen LogP contribution in [0.25, 0.3) is 22.3 Å². The average Bonchev–Trinajstić information content (AvgIpc) is 3.51. The maximum atomic E-state index is 14.0. The zero-order valence-electron chi connectivity index (χ0n) is 18.3. The minimum absolute atomic E-state index is 0.0117. The van der Waals surface area contributed by atoms with E-state index in [1.54, 1.807) is 12.5 Å². The maximum Gasteiger partial charge on any atom is 0.312 e. The van der Waals surface area contributed by atoms with E-state index in [0.717, 1.165) is 23.2 Å². The van der Waals surface area contributed by atoms with Gasteiger partial charge in [-0.3, -0.25) is 0 Å². The molecule has 172 valence electrons. The van der Waals surface area contributed by atoms with Crippen LogP contribution in [-0.2, 0) is 13.0 Å². The van der Waals surface area contributed by atoms with Crippen molar-refractivity contribution in [3.8, 4) is 22.6 Å². The lowest BCUT2D eigenvalue weighted by molar-refractivity contribution is 0.174. The lowest BCUT2D eigenvalue weighted by Gasteiger charge is -2.13. The monoisotopic (exact) mass is 453 g/mol. The van der Waals surface area contributed by atoms with E-state index in [0.29, 0.717) is 53.9 Å². The van der Waals surface area contributed by atoms with Crippen molar-refractivity contribution in [3.63, 3.8) is 0 Å². The zero-order chi connectivity index (χ0) is 22.9. The molecule has 10 nitrogen and oxygen atoms in total. The summed E-state index contributed by atoms with van der Waals surface area (Å²) in [6.45, 7) is 6.52. The molecule has 1 aliphatic heterocycles. The summed E-state index contributed by atoms with van der Waals surface area (Å²) in [7, 11) is 0. The quantitative estimate of drug-likeness (QED) is 0.306. The third kappa shape index (κ3) is 4.19. The fourth-order valence-corrected chi connectivity index (χ4v) is 3.90. The van der Waals surface area contributed by atoms with Gasteiger partial charge in [-0.25, -0.2) is 4.98 Å². The number of rotatable bonds is 8. The van der Waals surface area contributed by atoms with Crippen LogP contribution in [0.2, 0.25) is 0 Å². The average molecular weight is 453 g/mol. The van der Waals surface area contributed by atoms with Crippen LogP contribution < -0.4 is 20.5 Å². The smallest absolute Gasteiger partial charge is 0.312 e. The number of nitrogens with two attached hydrogens (primary N) is 1. The highest BCUT2D eigenvalue weighted by molar-refractivity contribution is 5.82. The topological polar surface area (TPSA) is 126 Å². The molecule has 11 heteroatoms. The van der Waals surface area contributed by atoms with Crippen LogP contribution in [-0.4, -0.2) is 44.6 Å². The zero-order valence-corrected chi connectivity index (χ0v) is 18.3. The molecule has 3 aromatic heterocycles. The lowest BCUT2D eigenvalue weighted by atomic mass is 9.99. The van der Waals surface area contributed by atoms with E-state index in [2.05, 4.69) is 39.3 Å². The van der Waals surface area contributed by atoms with Gasteiger partial charge >= 0.3 is 6.08 Å². The molecule has 4 aromatic rings. The number of ether oxygens (including phenoxy) is 2. The second-order valence-electron chi connectivity index (χ2n) is 8.28. The highest BCUT2D eigenvalue weighted by atomic mass is 19.1. The SMILES string of the molecule is CC(C)CNCCn1c(Cc2cc3c(cc2-c2cnoc2)OCO3)nc2c(N)nc(F)nc21. The predicted molar refractivity (Wildman–Crippen MR) is 118 cm³/mol. The number of imidazole rings is 1. The Labute approximate surface area is 188 Å². The van der Waals surface area contributed by atoms with Crippen molar-refractivity contribution < 1.29 is 18.4 Å². The molecule has 5 rings (SSSR count). The fraction of sp³-hybridized carbons (Fsp3) is 0.364. The van der Waals surface area contributed by atoms with Gasteiger partial charge < -0.3 is 29.6 Å². The fourth-order valence-electron chi connectivity index (χ4n) is 3.90. The van der Waals surface area contributed by atoms with Crippen LogP contribution in [0.15, 0.2) is 29.1 Å². The molecule has 0 atom stereocenters. The first kappa shape index (κ1) is 21.1. The molecule has 0 radical (unpaired) electrons. The number of benzene rings is 1. The lowest BCUT2D eigenvalue weighted by Crippen LogP contribution is -2.25. The van der Waals surface area contributed by atoms with E-state index in [9.17, 15) is 4.39 Å². The Bertz CT molecular complexity index is 1290. The van der Waals surface area contributed by atoms with Crippen LogP contribution in [0.4, 0.5) is 10.2 Å². The summed E-state index contributed by atoms with van der Waals surface area (Å²) in [6, 6.07) is 3.82. The number of fused-ring (bicyclic) bond motifs is 2. The Balaban J connectivity index is 1.56. The summed E-state index contributed by atoms with van der Waals surface area (Å²) in [5.74, 6) is 2.51. The number of anilines is 1. The number of aromatic nitrogens is 5. The van der Waals surface area contributed by atoms with E-state index < -0.39 is 6.08 Å². The number of hydrogen-bond donors (Lipinski definition) is 2. The molecule has 0 amide bonds. The second-order valence-corrected chi connectivity index (χ2v) is 8.28. The van der Waals surface area contributed by atoms with Crippen LogP contribution in [0.3, 0.4) is 0 Å². The van der Waals surface area contributed by atoms with Gasteiger partial charge in [-0.05, 0) is 35.7 Å². The molecule has 0 saturated carbocycles. The molecule has 0 saturated heterocycles. The molecular weight excluding hydrogens is 429 g/mol. The molecule has 0 spiro atoms. The number of nitrogens with one attached hydrogen (secondary N) is 1. The standard InChI is InChI=1S/C22H24FN7O3/c1-12(2)8-25-3-4-30-18(27-19-20(24)28-22(23)29-21(19)30)6-13-5-16-17(32-11-31-16)7-15(13)14-9-26-33-10-14/h5,7,9-10,12,25H,3-4,6,8,11H2,1-2H3,(H2,24,28,29). The highest BCUT2D eigenvalue weighted by Crippen LogP contribution is 2.39. The third-order valence-corrected chi connectivity index (χ3v) is 5.43. The van der Waals surface area contributed by atoms with Gasteiger partial charge in [-0.1, -0.05) is 19.0 Å². The van der Waals surface area contributed by atoms with Gasteiger partial charge in [0.2, 0.25) is 6.79 Å². The third-order valence-electron chi connectivity index (χ3n) is 5.43. The Morgan fingerprint density at radius 1 is 1.18 bits per heavy atom. The molecule has 1 aromatic carbocycles. The summed E-state index contributed by atoms with van der Waals surface area (Å²) < 4.78 is 32.1. The van der Waals surface area contributed by atoms with Crippen molar-refractivity contribution in [3.05, 3.63) is 42.1 Å². The van der Waals surface area contributed by atoms with Gasteiger partial charge in [-0.15, -0.1) is 0 Å². The van der Waals surface area contributed by atoms with Crippen molar-refractivity contribution >= 4 is 17.0 Å². The van der Waals surface area contributed by atoms with Gasteiger partial charge in [-0.2, -0.15) is 14.4 Å². The van der Waals surface area contributed by atoms with Crippen LogP contribution in [0.1, 0.15) is 25.2 Å². The summed E-state index contributed by atoms with van der Waals surface area (Å²) in [4.78, 5) is 12.3. The summed E-state index contributed by atoms with van der Waals surface area (Å²) in [5, 5.41) is 7.23. The number of halogens is 1. The Morgan fingerprint density at radius 2 is 2.00 bits per heavy atom. The van der Waals surface area contributed by atoms with Crippen molar-refractivity contribution in [2.24, 2.45) is 5.92 Å². The summed E-state index contributed by atoms with van der Waals surface area (Å²) in [6.07, 6.45) is 2.74. The Kier molecular flexibility index (Phi) is 5.55. The van der Waals surface area contributed by atoms with Gasteiger partial charge in [0.15, 0.2) is 28.5 Å². The largest absolute Gasteiger partial charge is 0.454 e. The van der Waals surface area contributed by atoms with Gasteiger partial charge in [0, 0.05) is 25.1 Å². The van der Waals surface area contributed by atoms with Crippen LogP contribution in [0, 0.1) is 12.0 Å². The summed E-state index contributed by atoms with van der Waals surface area (Å²) >= 11 is 0.